The molecule has 3 aromatic rings. The molecule has 1 amide bonds. The summed E-state index contributed by atoms with van der Waals surface area (Å²) in [6, 6.07) is 14.7. The van der Waals surface area contributed by atoms with Crippen molar-refractivity contribution in [3.05, 3.63) is 58.6 Å². The number of carbonyl (C=O) groups is 2. The molecule has 1 aromatic heterocycles. The van der Waals surface area contributed by atoms with Gasteiger partial charge in [0.2, 0.25) is 11.9 Å². The smallest absolute Gasteiger partial charge is 0.321 e. The molecule has 2 atom stereocenters. The van der Waals surface area contributed by atoms with Gasteiger partial charge in [0.1, 0.15) is 0 Å². The normalized spacial score (nSPS) is 19.1. The van der Waals surface area contributed by atoms with Gasteiger partial charge in [-0.3, -0.25) is 14.9 Å². The molecule has 26 heavy (non-hydrogen) atoms. The number of para-hydroxylation sites is 2. The van der Waals surface area contributed by atoms with Gasteiger partial charge in [-0.05, 0) is 36.8 Å². The Kier molecular flexibility index (Phi) is 4.24. The van der Waals surface area contributed by atoms with Gasteiger partial charge >= 0.3 is 5.97 Å². The van der Waals surface area contributed by atoms with Crippen molar-refractivity contribution in [2.24, 2.45) is 5.92 Å². The molecular formula is C19H16BrN3O3. The number of anilines is 1. The Morgan fingerprint density at radius 3 is 2.85 bits per heavy atom. The molecule has 6 nitrogen and oxygen atoms in total. The first-order valence-electron chi connectivity index (χ1n) is 8.30. The number of nitrogens with one attached hydrogen (secondary N) is 1. The molecule has 0 spiro atoms. The van der Waals surface area contributed by atoms with Crippen LogP contribution in [-0.2, 0) is 14.3 Å². The standard InChI is InChI=1S/C19H16BrN3O3/c1-2-26-18(25)15-16(11-6-5-7-12(20)10-11)23-14-9-4-3-8-13(14)21-19(23)22-17(15)24/h3-10,15-16H,2H2,1H3,(H,21,22,24)/t15-,16+/m1/s1. The van der Waals surface area contributed by atoms with Crippen molar-refractivity contribution in [1.82, 2.24) is 9.55 Å². The van der Waals surface area contributed by atoms with Gasteiger partial charge in [-0.1, -0.05) is 40.2 Å². The number of nitrogens with zero attached hydrogens (tertiary/aromatic N) is 2. The number of halogens is 1. The lowest BCUT2D eigenvalue weighted by atomic mass is 9.90. The molecule has 0 aliphatic carbocycles. The maximum Gasteiger partial charge on any atom is 0.321 e. The molecule has 4 rings (SSSR count). The number of esters is 1. The predicted molar refractivity (Wildman–Crippen MR) is 101 cm³/mol. The molecule has 1 aliphatic heterocycles. The van der Waals surface area contributed by atoms with Crippen molar-refractivity contribution < 1.29 is 14.3 Å². The SMILES string of the molecule is CCOC(=O)[C@H]1C(=O)Nc2nc3ccccc3n2[C@H]1c1cccc(Br)c1. The maximum absolute atomic E-state index is 12.7. The Balaban J connectivity index is 1.97. The summed E-state index contributed by atoms with van der Waals surface area (Å²) in [5.74, 6) is -1.51. The van der Waals surface area contributed by atoms with Crippen molar-refractivity contribution >= 4 is 44.8 Å². The first kappa shape index (κ1) is 16.8. The molecule has 1 aliphatic rings. The van der Waals surface area contributed by atoms with E-state index in [1.165, 1.54) is 0 Å². The van der Waals surface area contributed by atoms with Crippen molar-refractivity contribution in [3.63, 3.8) is 0 Å². The van der Waals surface area contributed by atoms with E-state index in [4.69, 9.17) is 4.74 Å². The van der Waals surface area contributed by atoms with Gasteiger partial charge in [0.05, 0.1) is 23.7 Å². The van der Waals surface area contributed by atoms with E-state index in [1.807, 2.05) is 53.1 Å². The zero-order chi connectivity index (χ0) is 18.3. The maximum atomic E-state index is 12.7. The number of hydrogen-bond donors (Lipinski definition) is 1. The van der Waals surface area contributed by atoms with Crippen molar-refractivity contribution in [3.8, 4) is 0 Å². The van der Waals surface area contributed by atoms with E-state index >= 15 is 0 Å². The second kappa shape index (κ2) is 6.57. The quantitative estimate of drug-likeness (QED) is 0.526. The number of hydrogen-bond acceptors (Lipinski definition) is 4. The number of benzene rings is 2. The zero-order valence-electron chi connectivity index (χ0n) is 14.0. The zero-order valence-corrected chi connectivity index (χ0v) is 15.6. The summed E-state index contributed by atoms with van der Waals surface area (Å²) in [5.41, 5.74) is 2.44. The molecule has 0 bridgehead atoms. The Morgan fingerprint density at radius 1 is 1.27 bits per heavy atom. The van der Waals surface area contributed by atoms with Gasteiger partial charge in [0.25, 0.3) is 0 Å². The predicted octanol–water partition coefficient (Wildman–Crippen LogP) is 3.52. The topological polar surface area (TPSA) is 73.2 Å². The highest BCUT2D eigenvalue weighted by atomic mass is 79.9. The molecule has 132 valence electrons. The molecule has 0 saturated heterocycles. The first-order chi connectivity index (χ1) is 12.6. The minimum absolute atomic E-state index is 0.214. The van der Waals surface area contributed by atoms with Crippen LogP contribution in [0.4, 0.5) is 5.95 Å². The van der Waals surface area contributed by atoms with Crippen LogP contribution in [0.2, 0.25) is 0 Å². The summed E-state index contributed by atoms with van der Waals surface area (Å²) < 4.78 is 7.97. The van der Waals surface area contributed by atoms with E-state index in [0.29, 0.717) is 5.95 Å². The lowest BCUT2D eigenvalue weighted by Crippen LogP contribution is -2.43. The van der Waals surface area contributed by atoms with Crippen LogP contribution in [0, 0.1) is 5.92 Å². The second-order valence-corrected chi connectivity index (χ2v) is 6.93. The fraction of sp³-hybridized carbons (Fsp3) is 0.211. The Hall–Kier alpha value is -2.67. The third-order valence-corrected chi connectivity index (χ3v) is 4.93. The summed E-state index contributed by atoms with van der Waals surface area (Å²) in [7, 11) is 0. The van der Waals surface area contributed by atoms with Gasteiger partial charge in [0, 0.05) is 4.47 Å². The monoisotopic (exact) mass is 413 g/mol. The van der Waals surface area contributed by atoms with Crippen molar-refractivity contribution in [2.45, 2.75) is 13.0 Å². The lowest BCUT2D eigenvalue weighted by Gasteiger charge is -2.32. The number of fused-ring (bicyclic) bond motifs is 3. The van der Waals surface area contributed by atoms with Crippen molar-refractivity contribution in [1.29, 1.82) is 0 Å². The van der Waals surface area contributed by atoms with E-state index in [9.17, 15) is 9.59 Å². The number of carbonyl (C=O) groups excluding carboxylic acids is 2. The van der Waals surface area contributed by atoms with Gasteiger partial charge < -0.3 is 9.30 Å². The van der Waals surface area contributed by atoms with E-state index in [1.54, 1.807) is 6.92 Å². The van der Waals surface area contributed by atoms with E-state index in [-0.39, 0.29) is 6.61 Å². The fourth-order valence-corrected chi connectivity index (χ4v) is 3.81. The Labute approximate surface area is 158 Å². The van der Waals surface area contributed by atoms with Crippen LogP contribution in [0.15, 0.2) is 53.0 Å². The average molecular weight is 414 g/mol. The van der Waals surface area contributed by atoms with E-state index in [0.717, 1.165) is 21.1 Å². The summed E-state index contributed by atoms with van der Waals surface area (Å²) >= 11 is 3.47. The minimum atomic E-state index is -0.991. The number of imidazole rings is 1. The fourth-order valence-electron chi connectivity index (χ4n) is 3.39. The molecule has 2 heterocycles. The first-order valence-corrected chi connectivity index (χ1v) is 9.09. The summed E-state index contributed by atoms with van der Waals surface area (Å²) in [6.45, 7) is 1.94. The average Bonchev–Trinajstić information content (AvgIpc) is 2.98. The minimum Gasteiger partial charge on any atom is -0.465 e. The number of amides is 1. The molecule has 7 heteroatoms. The van der Waals surface area contributed by atoms with Crippen molar-refractivity contribution in [2.75, 3.05) is 11.9 Å². The van der Waals surface area contributed by atoms with Gasteiger partial charge in [0.15, 0.2) is 5.92 Å². The van der Waals surface area contributed by atoms with Crippen LogP contribution >= 0.6 is 15.9 Å². The van der Waals surface area contributed by atoms with Gasteiger partial charge in [-0.25, -0.2) is 4.98 Å². The molecule has 2 aromatic carbocycles. The third-order valence-electron chi connectivity index (χ3n) is 4.44. The second-order valence-electron chi connectivity index (χ2n) is 6.01. The highest BCUT2D eigenvalue weighted by molar-refractivity contribution is 9.10. The van der Waals surface area contributed by atoms with Gasteiger partial charge in [-0.2, -0.15) is 0 Å². The van der Waals surface area contributed by atoms with Crippen LogP contribution in [0.5, 0.6) is 0 Å². The largest absolute Gasteiger partial charge is 0.465 e. The highest BCUT2D eigenvalue weighted by Crippen LogP contribution is 2.39. The van der Waals surface area contributed by atoms with Crippen LogP contribution in [0.25, 0.3) is 11.0 Å². The van der Waals surface area contributed by atoms with Gasteiger partial charge in [-0.15, -0.1) is 0 Å². The molecule has 0 unspecified atom stereocenters. The third kappa shape index (κ3) is 2.68. The number of aromatic nitrogens is 2. The molecule has 0 radical (unpaired) electrons. The number of rotatable bonds is 3. The Morgan fingerprint density at radius 2 is 2.08 bits per heavy atom. The molecule has 0 fully saturated rings. The summed E-state index contributed by atoms with van der Waals surface area (Å²) in [5, 5.41) is 2.75. The highest BCUT2D eigenvalue weighted by Gasteiger charge is 2.44. The lowest BCUT2D eigenvalue weighted by molar-refractivity contribution is -0.152. The molecular weight excluding hydrogens is 398 g/mol. The Bertz CT molecular complexity index is 1010. The summed E-state index contributed by atoms with van der Waals surface area (Å²) in [6.07, 6.45) is 0. The molecule has 1 N–H and O–H groups in total. The number of ether oxygens (including phenoxy) is 1. The summed E-state index contributed by atoms with van der Waals surface area (Å²) in [4.78, 5) is 29.9. The van der Waals surface area contributed by atoms with Crippen LogP contribution in [-0.4, -0.2) is 28.0 Å². The van der Waals surface area contributed by atoms with Crippen LogP contribution in [0.3, 0.4) is 0 Å². The van der Waals surface area contributed by atoms with Crippen LogP contribution in [0.1, 0.15) is 18.5 Å². The van der Waals surface area contributed by atoms with E-state index < -0.39 is 23.8 Å². The molecule has 0 saturated carbocycles. The van der Waals surface area contributed by atoms with E-state index in [2.05, 4.69) is 26.2 Å². The van der Waals surface area contributed by atoms with Crippen LogP contribution < -0.4 is 5.32 Å².